The van der Waals surface area contributed by atoms with E-state index in [1.54, 1.807) is 0 Å². The van der Waals surface area contributed by atoms with E-state index in [0.29, 0.717) is 0 Å². The minimum absolute atomic E-state index is 1.09. The van der Waals surface area contributed by atoms with Crippen molar-refractivity contribution in [3.05, 3.63) is 66.2 Å². The maximum Gasteiger partial charge on any atom is 0.0390 e. The molecule has 0 amide bonds. The molecule has 1 aliphatic heterocycles. The molecule has 4 rings (SSSR count). The molecule has 0 aliphatic carbocycles. The summed E-state index contributed by atoms with van der Waals surface area (Å²) in [6.07, 6.45) is 2.38. The molecule has 0 atom stereocenters. The minimum Gasteiger partial charge on any atom is -0.385 e. The van der Waals surface area contributed by atoms with Crippen LogP contribution in [0.5, 0.6) is 0 Å². The van der Waals surface area contributed by atoms with Gasteiger partial charge in [0.15, 0.2) is 0 Å². The lowest BCUT2D eigenvalue weighted by Crippen LogP contribution is -2.11. The maximum atomic E-state index is 3.52. The second-order valence-corrected chi connectivity index (χ2v) is 5.59. The van der Waals surface area contributed by atoms with Crippen LogP contribution < -0.4 is 10.6 Å². The number of hydrogen-bond donors (Lipinski definition) is 2. The number of fused-ring (bicyclic) bond motifs is 2. The fourth-order valence-corrected chi connectivity index (χ4v) is 2.99. The molecule has 2 heteroatoms. The third-order valence-corrected chi connectivity index (χ3v) is 4.08. The fourth-order valence-electron chi connectivity index (χ4n) is 2.99. The largest absolute Gasteiger partial charge is 0.385 e. The summed E-state index contributed by atoms with van der Waals surface area (Å²) in [5.41, 5.74) is 4.99. The van der Waals surface area contributed by atoms with Gasteiger partial charge in [-0.3, -0.25) is 0 Å². The molecule has 1 heterocycles. The predicted octanol–water partition coefficient (Wildman–Crippen LogP) is 4.94. The Morgan fingerprint density at radius 3 is 2.57 bits per heavy atom. The molecule has 0 aromatic heterocycles. The number of benzene rings is 3. The topological polar surface area (TPSA) is 24.1 Å². The first-order valence-electron chi connectivity index (χ1n) is 7.51. The van der Waals surface area contributed by atoms with Crippen LogP contribution in [-0.2, 0) is 6.42 Å². The van der Waals surface area contributed by atoms with Gasteiger partial charge < -0.3 is 10.6 Å². The first-order chi connectivity index (χ1) is 10.4. The molecule has 2 N–H and O–H groups in total. The zero-order valence-corrected chi connectivity index (χ0v) is 11.9. The Labute approximate surface area is 124 Å². The van der Waals surface area contributed by atoms with E-state index in [-0.39, 0.29) is 0 Å². The molecule has 3 aromatic rings. The van der Waals surface area contributed by atoms with E-state index in [2.05, 4.69) is 71.3 Å². The zero-order chi connectivity index (χ0) is 14.1. The average Bonchev–Trinajstić information content (AvgIpc) is 2.55. The van der Waals surface area contributed by atoms with Crippen LogP contribution in [0.2, 0.25) is 0 Å². The highest BCUT2D eigenvalue weighted by atomic mass is 14.9. The maximum absolute atomic E-state index is 3.52. The lowest BCUT2D eigenvalue weighted by Gasteiger charge is -2.19. The van der Waals surface area contributed by atoms with E-state index in [9.17, 15) is 0 Å². The summed E-state index contributed by atoms with van der Waals surface area (Å²) >= 11 is 0. The summed E-state index contributed by atoms with van der Waals surface area (Å²) in [4.78, 5) is 0. The van der Waals surface area contributed by atoms with Gasteiger partial charge in [-0.2, -0.15) is 0 Å². The van der Waals surface area contributed by atoms with Gasteiger partial charge in [-0.05, 0) is 59.5 Å². The first-order valence-corrected chi connectivity index (χ1v) is 7.51. The van der Waals surface area contributed by atoms with Gasteiger partial charge in [-0.1, -0.05) is 30.3 Å². The van der Waals surface area contributed by atoms with Crippen LogP contribution in [0.1, 0.15) is 12.0 Å². The van der Waals surface area contributed by atoms with Gasteiger partial charge in [0, 0.05) is 23.6 Å². The predicted molar refractivity (Wildman–Crippen MR) is 90.5 cm³/mol. The average molecular weight is 274 g/mol. The van der Waals surface area contributed by atoms with E-state index in [1.807, 2.05) is 0 Å². The summed E-state index contributed by atoms with van der Waals surface area (Å²) in [7, 11) is 0. The van der Waals surface area contributed by atoms with Crippen molar-refractivity contribution in [3.8, 4) is 0 Å². The van der Waals surface area contributed by atoms with Crippen LogP contribution in [0.4, 0.5) is 17.1 Å². The summed E-state index contributed by atoms with van der Waals surface area (Å²) in [5, 5.41) is 9.51. The number of hydrogen-bond acceptors (Lipinski definition) is 2. The molecular weight excluding hydrogens is 256 g/mol. The van der Waals surface area contributed by atoms with Crippen LogP contribution in [0.15, 0.2) is 60.7 Å². The molecule has 3 aromatic carbocycles. The highest BCUT2D eigenvalue weighted by Crippen LogP contribution is 2.28. The molecule has 0 spiro atoms. The van der Waals surface area contributed by atoms with Crippen LogP contribution in [-0.4, -0.2) is 6.54 Å². The number of anilines is 3. The summed E-state index contributed by atoms with van der Waals surface area (Å²) < 4.78 is 0. The van der Waals surface area contributed by atoms with Crippen molar-refractivity contribution < 1.29 is 0 Å². The van der Waals surface area contributed by atoms with Crippen molar-refractivity contribution >= 4 is 27.8 Å². The van der Waals surface area contributed by atoms with Crippen LogP contribution in [0, 0.1) is 0 Å². The number of aryl methyl sites for hydroxylation is 1. The standard InChI is InChI=1S/C19H18N2/c1-2-5-15-12-17(8-7-14(15)4-1)21-18-9-10-19-16(13-18)6-3-11-20-19/h1-2,4-5,7-10,12-13,20-21H,3,6,11H2. The molecule has 0 saturated heterocycles. The molecular formula is C19H18N2. The zero-order valence-electron chi connectivity index (χ0n) is 11.9. The minimum atomic E-state index is 1.09. The molecule has 1 aliphatic rings. The van der Waals surface area contributed by atoms with Crippen molar-refractivity contribution in [1.82, 2.24) is 0 Å². The van der Waals surface area contributed by atoms with Crippen molar-refractivity contribution in [2.75, 3.05) is 17.2 Å². The van der Waals surface area contributed by atoms with Gasteiger partial charge in [0.05, 0.1) is 0 Å². The Bertz CT molecular complexity index is 792. The van der Waals surface area contributed by atoms with Gasteiger partial charge >= 0.3 is 0 Å². The molecule has 21 heavy (non-hydrogen) atoms. The van der Waals surface area contributed by atoms with Crippen LogP contribution in [0.25, 0.3) is 10.8 Å². The highest BCUT2D eigenvalue weighted by molar-refractivity contribution is 5.86. The highest BCUT2D eigenvalue weighted by Gasteiger charge is 2.08. The van der Waals surface area contributed by atoms with Gasteiger partial charge in [-0.15, -0.1) is 0 Å². The van der Waals surface area contributed by atoms with E-state index < -0.39 is 0 Å². The van der Waals surface area contributed by atoms with Crippen molar-refractivity contribution in [2.45, 2.75) is 12.8 Å². The van der Waals surface area contributed by atoms with E-state index >= 15 is 0 Å². The van der Waals surface area contributed by atoms with Gasteiger partial charge in [0.2, 0.25) is 0 Å². The van der Waals surface area contributed by atoms with Crippen molar-refractivity contribution in [2.24, 2.45) is 0 Å². The van der Waals surface area contributed by atoms with E-state index in [1.165, 1.54) is 28.4 Å². The SMILES string of the molecule is c1ccc2cc(Nc3ccc4c(c3)CCCN4)ccc2c1. The second kappa shape index (κ2) is 5.13. The Morgan fingerprint density at radius 1 is 0.810 bits per heavy atom. The molecule has 104 valence electrons. The molecule has 0 unspecified atom stereocenters. The van der Waals surface area contributed by atoms with Crippen LogP contribution >= 0.6 is 0 Å². The molecule has 0 fully saturated rings. The first kappa shape index (κ1) is 12.3. The Hall–Kier alpha value is -2.48. The third-order valence-electron chi connectivity index (χ3n) is 4.08. The Morgan fingerprint density at radius 2 is 1.62 bits per heavy atom. The summed E-state index contributed by atoms with van der Waals surface area (Å²) in [6.45, 7) is 1.09. The fraction of sp³-hybridized carbons (Fsp3) is 0.158. The van der Waals surface area contributed by atoms with E-state index in [4.69, 9.17) is 0 Å². The number of nitrogens with one attached hydrogen (secondary N) is 2. The summed E-state index contributed by atoms with van der Waals surface area (Å²) in [5.74, 6) is 0. The van der Waals surface area contributed by atoms with Crippen molar-refractivity contribution in [3.63, 3.8) is 0 Å². The van der Waals surface area contributed by atoms with Crippen molar-refractivity contribution in [1.29, 1.82) is 0 Å². The monoisotopic (exact) mass is 274 g/mol. The quantitative estimate of drug-likeness (QED) is 0.691. The Balaban J connectivity index is 1.64. The lowest BCUT2D eigenvalue weighted by molar-refractivity contribution is 0.831. The Kier molecular flexibility index (Phi) is 3.00. The van der Waals surface area contributed by atoms with Gasteiger partial charge in [-0.25, -0.2) is 0 Å². The third kappa shape index (κ3) is 2.45. The van der Waals surface area contributed by atoms with E-state index in [0.717, 1.165) is 24.3 Å². The molecule has 0 saturated carbocycles. The molecule has 0 radical (unpaired) electrons. The number of rotatable bonds is 2. The van der Waals surface area contributed by atoms with Gasteiger partial charge in [0.25, 0.3) is 0 Å². The summed E-state index contributed by atoms with van der Waals surface area (Å²) in [6, 6.07) is 21.5. The normalized spacial score (nSPS) is 13.5. The second-order valence-electron chi connectivity index (χ2n) is 5.59. The lowest BCUT2D eigenvalue weighted by atomic mass is 10.0. The van der Waals surface area contributed by atoms with Crippen LogP contribution in [0.3, 0.4) is 0 Å². The molecule has 0 bridgehead atoms. The molecule has 2 nitrogen and oxygen atoms in total. The smallest absolute Gasteiger partial charge is 0.0390 e. The van der Waals surface area contributed by atoms with Gasteiger partial charge in [0.1, 0.15) is 0 Å².